The lowest BCUT2D eigenvalue weighted by Gasteiger charge is -2.14. The number of carbonyl (C=O) groups excluding carboxylic acids is 2. The Bertz CT molecular complexity index is 523. The number of anilines is 1. The van der Waals surface area contributed by atoms with Gasteiger partial charge in [-0.2, -0.15) is 0 Å². The number of nitrogens with one attached hydrogen (secondary N) is 1. The van der Waals surface area contributed by atoms with Crippen LogP contribution in [0.4, 0.5) is 5.69 Å². The minimum Gasteiger partial charge on any atom is -0.342 e. The van der Waals surface area contributed by atoms with E-state index >= 15 is 0 Å². The Balaban J connectivity index is 1.54. The van der Waals surface area contributed by atoms with Crippen LogP contribution in [0.3, 0.4) is 0 Å². The van der Waals surface area contributed by atoms with Crippen molar-refractivity contribution in [2.75, 3.05) is 18.4 Å². The van der Waals surface area contributed by atoms with Crippen LogP contribution in [0.2, 0.25) is 0 Å². The van der Waals surface area contributed by atoms with Gasteiger partial charge in [0.1, 0.15) is 0 Å². The molecule has 2 amide bonds. The normalized spacial score (nSPS) is 24.6. The maximum atomic E-state index is 12.2. The molecule has 1 saturated heterocycles. The Morgan fingerprint density at radius 3 is 2.40 bits per heavy atom. The summed E-state index contributed by atoms with van der Waals surface area (Å²) >= 11 is 3.36. The standard InChI is InChI=1S/C15H17BrN2O2/c16-10-3-5-11(6-4-10)17-14(19)12-9-13(12)15(20)18-7-1-2-8-18/h3-6,12-13H,1-2,7-9H2,(H,17,19). The van der Waals surface area contributed by atoms with Crippen molar-refractivity contribution in [3.63, 3.8) is 0 Å². The summed E-state index contributed by atoms with van der Waals surface area (Å²) in [4.78, 5) is 26.2. The highest BCUT2D eigenvalue weighted by Crippen LogP contribution is 2.41. The van der Waals surface area contributed by atoms with Crippen LogP contribution in [0, 0.1) is 11.8 Å². The fourth-order valence-corrected chi connectivity index (χ4v) is 2.96. The van der Waals surface area contributed by atoms with Gasteiger partial charge >= 0.3 is 0 Å². The fourth-order valence-electron chi connectivity index (χ4n) is 2.70. The van der Waals surface area contributed by atoms with E-state index in [2.05, 4.69) is 21.2 Å². The first-order valence-corrected chi connectivity index (χ1v) is 7.79. The lowest BCUT2D eigenvalue weighted by atomic mass is 10.2. The molecule has 1 aliphatic carbocycles. The second-order valence-electron chi connectivity index (χ2n) is 5.48. The van der Waals surface area contributed by atoms with Crippen molar-refractivity contribution in [2.45, 2.75) is 19.3 Å². The highest BCUT2D eigenvalue weighted by Gasteiger charge is 2.49. The van der Waals surface area contributed by atoms with Gasteiger partial charge in [0.15, 0.2) is 0 Å². The van der Waals surface area contributed by atoms with Crippen molar-refractivity contribution in [3.8, 4) is 0 Å². The van der Waals surface area contributed by atoms with Crippen LogP contribution in [0.25, 0.3) is 0 Å². The Hall–Kier alpha value is -1.36. The number of benzene rings is 1. The number of likely N-dealkylation sites (tertiary alicyclic amines) is 1. The van der Waals surface area contributed by atoms with Gasteiger partial charge in [0.25, 0.3) is 0 Å². The molecule has 1 heterocycles. The van der Waals surface area contributed by atoms with Gasteiger partial charge in [-0.15, -0.1) is 0 Å². The summed E-state index contributed by atoms with van der Waals surface area (Å²) in [7, 11) is 0. The average molecular weight is 337 g/mol. The number of hydrogen-bond donors (Lipinski definition) is 1. The van der Waals surface area contributed by atoms with Gasteiger partial charge in [-0.05, 0) is 43.5 Å². The van der Waals surface area contributed by atoms with Crippen molar-refractivity contribution >= 4 is 33.4 Å². The summed E-state index contributed by atoms with van der Waals surface area (Å²) in [5, 5.41) is 2.88. The van der Waals surface area contributed by atoms with Crippen molar-refractivity contribution in [1.82, 2.24) is 4.90 Å². The van der Waals surface area contributed by atoms with Crippen LogP contribution >= 0.6 is 15.9 Å². The molecule has 1 aromatic carbocycles. The largest absolute Gasteiger partial charge is 0.342 e. The molecule has 5 heteroatoms. The number of hydrogen-bond acceptors (Lipinski definition) is 2. The fraction of sp³-hybridized carbons (Fsp3) is 0.467. The van der Waals surface area contributed by atoms with E-state index in [0.29, 0.717) is 6.42 Å². The number of halogens is 1. The zero-order valence-corrected chi connectivity index (χ0v) is 12.7. The molecule has 0 radical (unpaired) electrons. The summed E-state index contributed by atoms with van der Waals surface area (Å²) in [5.41, 5.74) is 0.775. The maximum Gasteiger partial charge on any atom is 0.228 e. The van der Waals surface area contributed by atoms with Gasteiger partial charge in [-0.1, -0.05) is 15.9 Å². The highest BCUT2D eigenvalue weighted by atomic mass is 79.9. The van der Waals surface area contributed by atoms with Gasteiger partial charge in [0, 0.05) is 23.2 Å². The van der Waals surface area contributed by atoms with Crippen molar-refractivity contribution < 1.29 is 9.59 Å². The SMILES string of the molecule is O=C(Nc1ccc(Br)cc1)C1CC1C(=O)N1CCCC1. The van der Waals surface area contributed by atoms with E-state index < -0.39 is 0 Å². The molecule has 1 aliphatic heterocycles. The van der Waals surface area contributed by atoms with Crippen LogP contribution < -0.4 is 5.32 Å². The molecule has 0 bridgehead atoms. The van der Waals surface area contributed by atoms with Crippen LogP contribution in [-0.4, -0.2) is 29.8 Å². The Labute approximate surface area is 126 Å². The van der Waals surface area contributed by atoms with E-state index in [1.165, 1.54) is 0 Å². The van der Waals surface area contributed by atoms with Crippen LogP contribution in [-0.2, 0) is 9.59 Å². The molecule has 2 fully saturated rings. The molecule has 1 saturated carbocycles. The van der Waals surface area contributed by atoms with Crippen molar-refractivity contribution in [2.24, 2.45) is 11.8 Å². The average Bonchev–Trinajstić information content (AvgIpc) is 3.06. The number of rotatable bonds is 3. The molecule has 0 spiro atoms. The smallest absolute Gasteiger partial charge is 0.228 e. The third-order valence-electron chi connectivity index (χ3n) is 3.97. The molecule has 0 aromatic heterocycles. The lowest BCUT2D eigenvalue weighted by Crippen LogP contribution is -2.30. The zero-order chi connectivity index (χ0) is 14.1. The molecule has 3 rings (SSSR count). The van der Waals surface area contributed by atoms with Gasteiger partial charge in [0.2, 0.25) is 11.8 Å². The number of amides is 2. The Kier molecular flexibility index (Phi) is 3.78. The predicted octanol–water partition coefficient (Wildman–Crippen LogP) is 2.65. The third kappa shape index (κ3) is 2.87. The minimum absolute atomic E-state index is 0.0372. The molecule has 1 N–H and O–H groups in total. The molecule has 2 atom stereocenters. The van der Waals surface area contributed by atoms with Gasteiger partial charge < -0.3 is 10.2 Å². The quantitative estimate of drug-likeness (QED) is 0.922. The van der Waals surface area contributed by atoms with Crippen LogP contribution in [0.1, 0.15) is 19.3 Å². The van der Waals surface area contributed by atoms with Crippen molar-refractivity contribution in [1.29, 1.82) is 0 Å². The summed E-state index contributed by atoms with van der Waals surface area (Å²) < 4.78 is 0.976. The van der Waals surface area contributed by atoms with Crippen molar-refractivity contribution in [3.05, 3.63) is 28.7 Å². The predicted molar refractivity (Wildman–Crippen MR) is 80.2 cm³/mol. The first-order chi connectivity index (χ1) is 9.65. The molecule has 1 aromatic rings. The minimum atomic E-state index is -0.147. The topological polar surface area (TPSA) is 49.4 Å². The molecule has 106 valence electrons. The first-order valence-electron chi connectivity index (χ1n) is 7.00. The molecule has 2 unspecified atom stereocenters. The summed E-state index contributed by atoms with van der Waals surface area (Å²) in [6.07, 6.45) is 2.88. The first kappa shape index (κ1) is 13.6. The molecular formula is C15H17BrN2O2. The second-order valence-corrected chi connectivity index (χ2v) is 6.39. The molecule has 20 heavy (non-hydrogen) atoms. The summed E-state index contributed by atoms with van der Waals surface area (Å²) in [6.45, 7) is 1.72. The second kappa shape index (κ2) is 5.56. The van der Waals surface area contributed by atoms with E-state index in [9.17, 15) is 9.59 Å². The number of carbonyl (C=O) groups is 2. The Morgan fingerprint density at radius 1 is 1.10 bits per heavy atom. The van der Waals surface area contributed by atoms with E-state index in [-0.39, 0.29) is 23.7 Å². The molecule has 4 nitrogen and oxygen atoms in total. The van der Waals surface area contributed by atoms with Crippen LogP contribution in [0.15, 0.2) is 28.7 Å². The zero-order valence-electron chi connectivity index (χ0n) is 11.1. The van der Waals surface area contributed by atoms with E-state index in [1.807, 2.05) is 29.2 Å². The summed E-state index contributed by atoms with van der Waals surface area (Å²) in [6, 6.07) is 7.47. The summed E-state index contributed by atoms with van der Waals surface area (Å²) in [5.74, 6) is -0.112. The molecular weight excluding hydrogens is 320 g/mol. The number of nitrogens with zero attached hydrogens (tertiary/aromatic N) is 1. The molecule has 2 aliphatic rings. The van der Waals surface area contributed by atoms with E-state index in [4.69, 9.17) is 0 Å². The highest BCUT2D eigenvalue weighted by molar-refractivity contribution is 9.10. The van der Waals surface area contributed by atoms with Gasteiger partial charge in [0.05, 0.1) is 11.8 Å². The monoisotopic (exact) mass is 336 g/mol. The Morgan fingerprint density at radius 2 is 1.75 bits per heavy atom. The van der Waals surface area contributed by atoms with Gasteiger partial charge in [-0.3, -0.25) is 9.59 Å². The van der Waals surface area contributed by atoms with E-state index in [1.54, 1.807) is 0 Å². The van der Waals surface area contributed by atoms with E-state index in [0.717, 1.165) is 36.1 Å². The lowest BCUT2D eigenvalue weighted by molar-refractivity contribution is -0.133. The van der Waals surface area contributed by atoms with Crippen LogP contribution in [0.5, 0.6) is 0 Å². The maximum absolute atomic E-state index is 12.2. The van der Waals surface area contributed by atoms with Gasteiger partial charge in [-0.25, -0.2) is 0 Å². The third-order valence-corrected chi connectivity index (χ3v) is 4.50.